The number of benzene rings is 1. The van der Waals surface area contributed by atoms with E-state index in [4.69, 9.17) is 0 Å². The predicted molar refractivity (Wildman–Crippen MR) is 76.0 cm³/mol. The molecule has 1 aromatic rings. The number of hydrogen-bond acceptors (Lipinski definition) is 2. The Kier molecular flexibility index (Phi) is 5.63. The molecule has 1 fully saturated rings. The molecule has 0 bridgehead atoms. The van der Waals surface area contributed by atoms with Crippen LogP contribution in [0.3, 0.4) is 0 Å². The summed E-state index contributed by atoms with van der Waals surface area (Å²) in [6.45, 7) is 5.07. The van der Waals surface area contributed by atoms with E-state index in [1.165, 1.54) is 11.1 Å². The zero-order chi connectivity index (χ0) is 12.3. The summed E-state index contributed by atoms with van der Waals surface area (Å²) in [5.74, 6) is 0.123. The lowest BCUT2D eigenvalue weighted by molar-refractivity contribution is -0.123. The summed E-state index contributed by atoms with van der Waals surface area (Å²) in [6, 6.07) is 8.26. The lowest BCUT2D eigenvalue weighted by Gasteiger charge is -2.19. The van der Waals surface area contributed by atoms with Gasteiger partial charge in [-0.1, -0.05) is 24.3 Å². The quantitative estimate of drug-likeness (QED) is 0.884. The van der Waals surface area contributed by atoms with Gasteiger partial charge in [-0.25, -0.2) is 0 Å². The number of amides is 1. The van der Waals surface area contributed by atoms with Crippen molar-refractivity contribution in [2.24, 2.45) is 0 Å². The van der Waals surface area contributed by atoms with E-state index in [1.54, 1.807) is 0 Å². The lowest BCUT2D eigenvalue weighted by atomic mass is 10.0. The molecular formula is C14H21ClN2O. The topological polar surface area (TPSA) is 41.1 Å². The highest BCUT2D eigenvalue weighted by Gasteiger charge is 2.23. The molecule has 0 spiro atoms. The normalized spacial score (nSPS) is 20.0. The fraction of sp³-hybridized carbons (Fsp3) is 0.500. The van der Waals surface area contributed by atoms with Crippen LogP contribution in [0.2, 0.25) is 0 Å². The van der Waals surface area contributed by atoms with Gasteiger partial charge in [0, 0.05) is 0 Å². The number of nitrogens with one attached hydrogen (secondary N) is 2. The number of rotatable bonds is 3. The summed E-state index contributed by atoms with van der Waals surface area (Å²) in [5.41, 5.74) is 2.42. The Morgan fingerprint density at radius 2 is 2.17 bits per heavy atom. The van der Waals surface area contributed by atoms with Crippen LogP contribution in [-0.2, 0) is 4.79 Å². The zero-order valence-corrected chi connectivity index (χ0v) is 11.7. The van der Waals surface area contributed by atoms with Crippen LogP contribution in [0.4, 0.5) is 0 Å². The molecule has 100 valence electrons. The van der Waals surface area contributed by atoms with Crippen LogP contribution < -0.4 is 10.6 Å². The van der Waals surface area contributed by atoms with Crippen molar-refractivity contribution in [3.05, 3.63) is 35.4 Å². The van der Waals surface area contributed by atoms with Gasteiger partial charge in [0.1, 0.15) is 0 Å². The first-order valence-corrected chi connectivity index (χ1v) is 6.28. The first-order valence-electron chi connectivity index (χ1n) is 6.28. The zero-order valence-electron chi connectivity index (χ0n) is 10.9. The summed E-state index contributed by atoms with van der Waals surface area (Å²) < 4.78 is 0. The third kappa shape index (κ3) is 3.47. The molecule has 2 N–H and O–H groups in total. The van der Waals surface area contributed by atoms with E-state index < -0.39 is 0 Å². The van der Waals surface area contributed by atoms with E-state index in [0.29, 0.717) is 0 Å². The molecule has 3 nitrogen and oxygen atoms in total. The van der Waals surface area contributed by atoms with E-state index in [9.17, 15) is 4.79 Å². The second-order valence-electron chi connectivity index (χ2n) is 4.74. The second kappa shape index (κ2) is 6.76. The first kappa shape index (κ1) is 15.0. The predicted octanol–water partition coefficient (Wildman–Crippen LogP) is 2.35. The number of hydrogen-bond donors (Lipinski definition) is 2. The number of carbonyl (C=O) groups is 1. The molecule has 0 aromatic heterocycles. The van der Waals surface area contributed by atoms with Crippen molar-refractivity contribution >= 4 is 18.3 Å². The van der Waals surface area contributed by atoms with Gasteiger partial charge in [-0.2, -0.15) is 0 Å². The van der Waals surface area contributed by atoms with Crippen molar-refractivity contribution in [1.29, 1.82) is 0 Å². The summed E-state index contributed by atoms with van der Waals surface area (Å²) >= 11 is 0. The van der Waals surface area contributed by atoms with Gasteiger partial charge in [0.25, 0.3) is 0 Å². The maximum absolute atomic E-state index is 12.0. The third-order valence-corrected chi connectivity index (χ3v) is 3.39. The molecular weight excluding hydrogens is 248 g/mol. The van der Waals surface area contributed by atoms with Crippen LogP contribution in [0, 0.1) is 6.92 Å². The Morgan fingerprint density at radius 1 is 1.44 bits per heavy atom. The van der Waals surface area contributed by atoms with Gasteiger partial charge in [-0.3, -0.25) is 4.79 Å². The van der Waals surface area contributed by atoms with Crippen molar-refractivity contribution in [3.8, 4) is 0 Å². The van der Waals surface area contributed by atoms with Crippen molar-refractivity contribution in [2.45, 2.75) is 38.8 Å². The van der Waals surface area contributed by atoms with Crippen LogP contribution in [0.15, 0.2) is 24.3 Å². The largest absolute Gasteiger partial charge is 0.348 e. The maximum Gasteiger partial charge on any atom is 0.237 e. The number of carbonyl (C=O) groups excluding carboxylic acids is 1. The SMILES string of the molecule is Cc1ccccc1C(C)NC(=O)C1CCCN1.Cl. The van der Waals surface area contributed by atoms with E-state index in [1.807, 2.05) is 19.1 Å². The van der Waals surface area contributed by atoms with E-state index in [0.717, 1.165) is 19.4 Å². The Morgan fingerprint density at radius 3 is 2.78 bits per heavy atom. The number of aryl methyl sites for hydroxylation is 1. The molecule has 1 saturated heterocycles. The highest BCUT2D eigenvalue weighted by molar-refractivity contribution is 5.85. The van der Waals surface area contributed by atoms with Crippen LogP contribution >= 0.6 is 12.4 Å². The smallest absolute Gasteiger partial charge is 0.237 e. The molecule has 2 atom stereocenters. The minimum atomic E-state index is 0. The molecule has 18 heavy (non-hydrogen) atoms. The van der Waals surface area contributed by atoms with Gasteiger partial charge in [0.05, 0.1) is 12.1 Å². The minimum absolute atomic E-state index is 0. The van der Waals surface area contributed by atoms with Gasteiger partial charge >= 0.3 is 0 Å². The van der Waals surface area contributed by atoms with Crippen LogP contribution in [0.25, 0.3) is 0 Å². The van der Waals surface area contributed by atoms with Crippen molar-refractivity contribution < 1.29 is 4.79 Å². The van der Waals surface area contributed by atoms with E-state index >= 15 is 0 Å². The van der Waals surface area contributed by atoms with Gasteiger partial charge in [0.2, 0.25) is 5.91 Å². The monoisotopic (exact) mass is 268 g/mol. The van der Waals surface area contributed by atoms with E-state index in [2.05, 4.69) is 29.7 Å². The van der Waals surface area contributed by atoms with Gasteiger partial charge in [-0.05, 0) is 44.4 Å². The van der Waals surface area contributed by atoms with E-state index in [-0.39, 0.29) is 30.4 Å². The fourth-order valence-electron chi connectivity index (χ4n) is 2.37. The molecule has 0 radical (unpaired) electrons. The standard InChI is InChI=1S/C14H20N2O.ClH/c1-10-6-3-4-7-12(10)11(2)16-14(17)13-8-5-9-15-13;/h3-4,6-7,11,13,15H,5,8-9H2,1-2H3,(H,16,17);1H. The highest BCUT2D eigenvalue weighted by Crippen LogP contribution is 2.17. The Bertz CT molecular complexity index is 403. The minimum Gasteiger partial charge on any atom is -0.348 e. The van der Waals surface area contributed by atoms with Crippen LogP contribution in [-0.4, -0.2) is 18.5 Å². The van der Waals surface area contributed by atoms with Crippen molar-refractivity contribution in [3.63, 3.8) is 0 Å². The highest BCUT2D eigenvalue weighted by atomic mass is 35.5. The van der Waals surface area contributed by atoms with Gasteiger partial charge < -0.3 is 10.6 Å². The molecule has 1 amide bonds. The summed E-state index contributed by atoms with van der Waals surface area (Å²) in [5, 5.41) is 6.29. The second-order valence-corrected chi connectivity index (χ2v) is 4.74. The molecule has 1 aliphatic rings. The summed E-state index contributed by atoms with van der Waals surface area (Å²) in [6.07, 6.45) is 2.04. The maximum atomic E-state index is 12.0. The average molecular weight is 269 g/mol. The first-order chi connectivity index (χ1) is 8.18. The van der Waals surface area contributed by atoms with Crippen molar-refractivity contribution in [1.82, 2.24) is 10.6 Å². The Balaban J connectivity index is 0.00000162. The Hall–Kier alpha value is -1.06. The molecule has 0 aliphatic carbocycles. The molecule has 1 aliphatic heterocycles. The van der Waals surface area contributed by atoms with Crippen LogP contribution in [0.1, 0.15) is 36.9 Å². The lowest BCUT2D eigenvalue weighted by Crippen LogP contribution is -2.41. The van der Waals surface area contributed by atoms with Gasteiger partial charge in [-0.15, -0.1) is 12.4 Å². The average Bonchev–Trinajstić information content (AvgIpc) is 2.82. The van der Waals surface area contributed by atoms with Gasteiger partial charge in [0.15, 0.2) is 0 Å². The molecule has 2 rings (SSSR count). The fourth-order valence-corrected chi connectivity index (χ4v) is 2.37. The Labute approximate surface area is 115 Å². The molecule has 1 aromatic carbocycles. The van der Waals surface area contributed by atoms with Crippen molar-refractivity contribution in [2.75, 3.05) is 6.54 Å². The summed E-state index contributed by atoms with van der Waals surface area (Å²) in [7, 11) is 0. The molecule has 1 heterocycles. The molecule has 2 unspecified atom stereocenters. The summed E-state index contributed by atoms with van der Waals surface area (Å²) in [4.78, 5) is 12.0. The molecule has 0 saturated carbocycles. The molecule has 4 heteroatoms. The third-order valence-electron chi connectivity index (χ3n) is 3.39. The van der Waals surface area contributed by atoms with Crippen LogP contribution in [0.5, 0.6) is 0 Å². The number of halogens is 1.